The van der Waals surface area contributed by atoms with Crippen molar-refractivity contribution in [3.63, 3.8) is 0 Å². The minimum atomic E-state index is -0.195. The molecule has 1 aliphatic rings. The molecule has 9 heteroatoms. The summed E-state index contributed by atoms with van der Waals surface area (Å²) in [5, 5.41) is 1.25. The van der Waals surface area contributed by atoms with E-state index in [9.17, 15) is 9.59 Å². The van der Waals surface area contributed by atoms with Crippen molar-refractivity contribution in [2.24, 2.45) is 0 Å². The number of rotatable bonds is 7. The summed E-state index contributed by atoms with van der Waals surface area (Å²) in [6, 6.07) is 14.7. The van der Waals surface area contributed by atoms with Gasteiger partial charge in [-0.05, 0) is 35.9 Å². The zero-order chi connectivity index (χ0) is 22.7. The standard InChI is InChI=1S/C23H18ClN3O2S3/c1-2-13-31-22-25-17-5-3-4-6-18(17)27(22)20(28)11-12-26-21(29)19(32-23(26)30)14-15-7-9-16(24)10-8-15/h2-10,14H,1,11-13H2/b19-14-. The maximum absolute atomic E-state index is 13.1. The summed E-state index contributed by atoms with van der Waals surface area (Å²) >= 11 is 14.0. The number of carbonyl (C=O) groups excluding carboxylic acids is 2. The smallest absolute Gasteiger partial charge is 0.266 e. The van der Waals surface area contributed by atoms with Crippen molar-refractivity contribution in [1.82, 2.24) is 14.5 Å². The monoisotopic (exact) mass is 499 g/mol. The van der Waals surface area contributed by atoms with Gasteiger partial charge in [-0.3, -0.25) is 19.1 Å². The maximum atomic E-state index is 13.1. The third-order valence-corrected chi connectivity index (χ3v) is 7.26. The van der Waals surface area contributed by atoms with Gasteiger partial charge in [0, 0.05) is 23.7 Å². The van der Waals surface area contributed by atoms with Crippen LogP contribution in [0.15, 0.2) is 71.2 Å². The lowest BCUT2D eigenvalue weighted by Gasteiger charge is -2.14. The Morgan fingerprint density at radius 2 is 1.97 bits per heavy atom. The van der Waals surface area contributed by atoms with Gasteiger partial charge in [0.2, 0.25) is 5.91 Å². The van der Waals surface area contributed by atoms with Crippen molar-refractivity contribution in [1.29, 1.82) is 0 Å². The molecule has 0 radical (unpaired) electrons. The van der Waals surface area contributed by atoms with Gasteiger partial charge in [0.15, 0.2) is 5.16 Å². The molecule has 1 fully saturated rings. The number of halogens is 1. The van der Waals surface area contributed by atoms with Crippen molar-refractivity contribution in [2.75, 3.05) is 12.3 Å². The minimum Gasteiger partial charge on any atom is -0.292 e. The largest absolute Gasteiger partial charge is 0.292 e. The van der Waals surface area contributed by atoms with Gasteiger partial charge < -0.3 is 0 Å². The Labute approximate surface area is 204 Å². The third kappa shape index (κ3) is 4.83. The first kappa shape index (κ1) is 22.8. The molecule has 0 unspecified atom stereocenters. The van der Waals surface area contributed by atoms with Crippen LogP contribution in [0.5, 0.6) is 0 Å². The van der Waals surface area contributed by atoms with E-state index in [4.69, 9.17) is 23.8 Å². The average Bonchev–Trinajstić information content (AvgIpc) is 3.29. The fourth-order valence-corrected chi connectivity index (χ4v) is 5.39. The fourth-order valence-electron chi connectivity index (χ4n) is 3.20. The van der Waals surface area contributed by atoms with Crippen molar-refractivity contribution < 1.29 is 9.59 Å². The highest BCUT2D eigenvalue weighted by molar-refractivity contribution is 8.26. The average molecular weight is 500 g/mol. The van der Waals surface area contributed by atoms with Crippen LogP contribution in [-0.2, 0) is 4.79 Å². The van der Waals surface area contributed by atoms with Crippen LogP contribution in [0.2, 0.25) is 5.02 Å². The Balaban J connectivity index is 1.50. The second-order valence-electron chi connectivity index (χ2n) is 6.85. The zero-order valence-electron chi connectivity index (χ0n) is 16.9. The molecule has 5 nitrogen and oxygen atoms in total. The van der Waals surface area contributed by atoms with Gasteiger partial charge >= 0.3 is 0 Å². The van der Waals surface area contributed by atoms with Crippen LogP contribution < -0.4 is 0 Å². The second kappa shape index (κ2) is 10.0. The van der Waals surface area contributed by atoms with Gasteiger partial charge in [0.05, 0.1) is 15.9 Å². The number of hydrogen-bond acceptors (Lipinski definition) is 6. The van der Waals surface area contributed by atoms with Crippen molar-refractivity contribution in [3.05, 3.63) is 76.7 Å². The van der Waals surface area contributed by atoms with Crippen LogP contribution in [0.4, 0.5) is 0 Å². The molecular weight excluding hydrogens is 482 g/mol. The number of amides is 1. The van der Waals surface area contributed by atoms with Gasteiger partial charge in [-0.2, -0.15) is 0 Å². The van der Waals surface area contributed by atoms with E-state index in [-0.39, 0.29) is 24.8 Å². The Morgan fingerprint density at radius 1 is 1.22 bits per heavy atom. The van der Waals surface area contributed by atoms with Gasteiger partial charge in [-0.1, -0.05) is 77.7 Å². The van der Waals surface area contributed by atoms with Crippen LogP contribution in [0, 0.1) is 0 Å². The predicted molar refractivity (Wildman–Crippen MR) is 137 cm³/mol. The van der Waals surface area contributed by atoms with Crippen molar-refractivity contribution >= 4 is 80.6 Å². The molecule has 2 heterocycles. The fraction of sp³-hybridized carbons (Fsp3) is 0.130. The van der Waals surface area contributed by atoms with Gasteiger partial charge in [0.25, 0.3) is 5.91 Å². The normalized spacial score (nSPS) is 15.2. The van der Waals surface area contributed by atoms with E-state index in [1.54, 1.807) is 28.9 Å². The molecule has 2 aromatic carbocycles. The molecule has 0 saturated carbocycles. The van der Waals surface area contributed by atoms with E-state index in [2.05, 4.69) is 11.6 Å². The van der Waals surface area contributed by atoms with Gasteiger partial charge in [0.1, 0.15) is 4.32 Å². The van der Waals surface area contributed by atoms with E-state index in [1.165, 1.54) is 28.4 Å². The minimum absolute atomic E-state index is 0.128. The molecule has 0 aliphatic carbocycles. The van der Waals surface area contributed by atoms with E-state index < -0.39 is 0 Å². The molecule has 1 saturated heterocycles. The lowest BCUT2D eigenvalue weighted by atomic mass is 10.2. The highest BCUT2D eigenvalue weighted by Gasteiger charge is 2.32. The summed E-state index contributed by atoms with van der Waals surface area (Å²) in [5.74, 6) is 0.307. The lowest BCUT2D eigenvalue weighted by molar-refractivity contribution is -0.122. The van der Waals surface area contributed by atoms with E-state index in [0.29, 0.717) is 25.2 Å². The summed E-state index contributed by atoms with van der Waals surface area (Å²) in [4.78, 5) is 32.6. The van der Waals surface area contributed by atoms with Gasteiger partial charge in [-0.25, -0.2) is 4.98 Å². The van der Waals surface area contributed by atoms with Crippen LogP contribution in [0.1, 0.15) is 16.8 Å². The first-order valence-corrected chi connectivity index (χ1v) is 12.3. The molecule has 3 aromatic rings. The predicted octanol–water partition coefficient (Wildman–Crippen LogP) is 5.90. The number of aromatic nitrogens is 2. The molecule has 162 valence electrons. The van der Waals surface area contributed by atoms with Crippen molar-refractivity contribution in [2.45, 2.75) is 11.6 Å². The molecule has 1 aromatic heterocycles. The Hall–Kier alpha value is -2.39. The van der Waals surface area contributed by atoms with Crippen LogP contribution in [-0.4, -0.2) is 42.9 Å². The summed E-state index contributed by atoms with van der Waals surface area (Å²) in [7, 11) is 0. The number of thioether (sulfide) groups is 2. The number of benzene rings is 2. The molecule has 32 heavy (non-hydrogen) atoms. The Bertz CT molecular complexity index is 1250. The van der Waals surface area contributed by atoms with Gasteiger partial charge in [-0.15, -0.1) is 6.58 Å². The molecule has 0 spiro atoms. The first-order chi connectivity index (χ1) is 15.5. The lowest BCUT2D eigenvalue weighted by Crippen LogP contribution is -2.31. The first-order valence-electron chi connectivity index (χ1n) is 9.73. The summed E-state index contributed by atoms with van der Waals surface area (Å²) < 4.78 is 2.06. The van der Waals surface area contributed by atoms with Crippen LogP contribution in [0.25, 0.3) is 17.1 Å². The van der Waals surface area contributed by atoms with E-state index >= 15 is 0 Å². The Morgan fingerprint density at radius 3 is 2.72 bits per heavy atom. The molecule has 0 atom stereocenters. The second-order valence-corrected chi connectivity index (χ2v) is 9.95. The number of hydrogen-bond donors (Lipinski definition) is 0. The number of thiocarbonyl (C=S) groups is 1. The van der Waals surface area contributed by atoms with E-state index in [0.717, 1.165) is 16.6 Å². The number of para-hydroxylation sites is 2. The summed E-state index contributed by atoms with van der Waals surface area (Å²) in [5.41, 5.74) is 2.36. The maximum Gasteiger partial charge on any atom is 0.266 e. The van der Waals surface area contributed by atoms with Crippen molar-refractivity contribution in [3.8, 4) is 0 Å². The molecule has 4 rings (SSSR count). The number of fused-ring (bicyclic) bond motifs is 1. The van der Waals surface area contributed by atoms with Crippen LogP contribution in [0.3, 0.4) is 0 Å². The quantitative estimate of drug-likeness (QED) is 0.174. The SMILES string of the molecule is C=CCSc1nc2ccccc2n1C(=O)CCN1C(=O)/C(=C/c2ccc(Cl)cc2)SC1=S. The summed E-state index contributed by atoms with van der Waals surface area (Å²) in [6.45, 7) is 3.94. The number of nitrogens with zero attached hydrogens (tertiary/aromatic N) is 3. The zero-order valence-corrected chi connectivity index (χ0v) is 20.1. The Kier molecular flexibility index (Phi) is 7.15. The molecule has 1 aliphatic heterocycles. The third-order valence-electron chi connectivity index (χ3n) is 4.70. The topological polar surface area (TPSA) is 55.2 Å². The number of imidazole rings is 1. The summed E-state index contributed by atoms with van der Waals surface area (Å²) in [6.07, 6.45) is 3.68. The molecule has 0 N–H and O–H groups in total. The van der Waals surface area contributed by atoms with E-state index in [1.807, 2.05) is 36.4 Å². The molecular formula is C23H18ClN3O2S3. The highest BCUT2D eigenvalue weighted by Crippen LogP contribution is 2.33. The van der Waals surface area contributed by atoms with Crippen LogP contribution >= 0.6 is 47.3 Å². The highest BCUT2D eigenvalue weighted by atomic mass is 35.5. The molecule has 1 amide bonds. The number of carbonyl (C=O) groups is 2. The molecule has 0 bridgehead atoms.